The Kier molecular flexibility index (Phi) is 6.88. The van der Waals surface area contributed by atoms with E-state index in [0.717, 1.165) is 20.3 Å². The highest BCUT2D eigenvalue weighted by Crippen LogP contribution is 2.29. The molecule has 4 aromatic rings. The number of rotatable bonds is 2. The summed E-state index contributed by atoms with van der Waals surface area (Å²) in [6.45, 7) is 4.76. The van der Waals surface area contributed by atoms with Crippen molar-refractivity contribution in [3.05, 3.63) is 124 Å². The number of carbonyl (C=O) groups excluding carboxylic acids is 1. The molecule has 0 atom stereocenters. The summed E-state index contributed by atoms with van der Waals surface area (Å²) in [7, 11) is 1.46. The SMILES string of the molecule is COc1c2cc(C)cc1Cn1c(=O)ccn(c1=O)Cc1cc(C)cc(c1OC(C)=O)Cn1ccc(=O)n(c1=O)C2. The lowest BCUT2D eigenvalue weighted by molar-refractivity contribution is -0.132. The molecule has 0 fully saturated rings. The van der Waals surface area contributed by atoms with Crippen molar-refractivity contribution in [2.45, 2.75) is 47.0 Å². The van der Waals surface area contributed by atoms with Crippen molar-refractivity contribution in [2.75, 3.05) is 7.11 Å². The van der Waals surface area contributed by atoms with E-state index in [1.165, 1.54) is 47.7 Å². The number of fused-ring (bicyclic) bond motifs is 8. The Morgan fingerprint density at radius 1 is 0.675 bits per heavy atom. The van der Waals surface area contributed by atoms with Crippen LogP contribution >= 0.6 is 0 Å². The van der Waals surface area contributed by atoms with Crippen LogP contribution in [0.5, 0.6) is 11.5 Å². The normalized spacial score (nSPS) is 12.6. The summed E-state index contributed by atoms with van der Waals surface area (Å²) in [5.41, 5.74) is 1.62. The number of aromatic nitrogens is 4. The molecule has 11 nitrogen and oxygen atoms in total. The van der Waals surface area contributed by atoms with Crippen molar-refractivity contribution in [3.8, 4) is 11.5 Å². The number of aryl methyl sites for hydroxylation is 2. The van der Waals surface area contributed by atoms with E-state index in [0.29, 0.717) is 28.0 Å². The van der Waals surface area contributed by atoms with Crippen LogP contribution in [0, 0.1) is 13.8 Å². The fourth-order valence-electron chi connectivity index (χ4n) is 5.22. The molecule has 206 valence electrons. The third-order valence-corrected chi connectivity index (χ3v) is 6.84. The average Bonchev–Trinajstić information content (AvgIpc) is 2.88. The summed E-state index contributed by atoms with van der Waals surface area (Å²) in [4.78, 5) is 65.0. The molecule has 0 N–H and O–H groups in total. The summed E-state index contributed by atoms with van der Waals surface area (Å²) >= 11 is 0. The van der Waals surface area contributed by atoms with Gasteiger partial charge < -0.3 is 9.47 Å². The number of benzene rings is 2. The van der Waals surface area contributed by atoms with Crippen LogP contribution in [-0.2, 0) is 31.0 Å². The van der Waals surface area contributed by atoms with Crippen LogP contribution in [0.3, 0.4) is 0 Å². The fourth-order valence-corrected chi connectivity index (χ4v) is 5.22. The molecule has 1 aliphatic heterocycles. The summed E-state index contributed by atoms with van der Waals surface area (Å²) in [5.74, 6) is 0.0115. The molecule has 1 aliphatic rings. The minimum atomic E-state index is -0.573. The minimum absolute atomic E-state index is 0.000998. The first-order chi connectivity index (χ1) is 19.0. The van der Waals surface area contributed by atoms with Gasteiger partial charge in [-0.2, -0.15) is 0 Å². The van der Waals surface area contributed by atoms with E-state index in [4.69, 9.17) is 9.47 Å². The van der Waals surface area contributed by atoms with E-state index >= 15 is 0 Å². The maximum absolute atomic E-state index is 13.6. The lowest BCUT2D eigenvalue weighted by atomic mass is 10.0. The Labute approximate surface area is 228 Å². The van der Waals surface area contributed by atoms with Gasteiger partial charge in [-0.15, -0.1) is 0 Å². The zero-order valence-corrected chi connectivity index (χ0v) is 22.6. The number of hydrogen-bond acceptors (Lipinski definition) is 7. The highest BCUT2D eigenvalue weighted by Gasteiger charge is 2.20. The van der Waals surface area contributed by atoms with Gasteiger partial charge in [-0.3, -0.25) is 32.7 Å². The van der Waals surface area contributed by atoms with Gasteiger partial charge in [0.15, 0.2) is 0 Å². The fraction of sp³-hybridized carbons (Fsp3) is 0.276. The summed E-state index contributed by atoms with van der Waals surface area (Å²) < 4.78 is 16.2. The molecule has 0 aliphatic carbocycles. The molecular formula is C29H28N4O7. The molecular weight excluding hydrogens is 516 g/mol. The van der Waals surface area contributed by atoms with Crippen LogP contribution in [0.1, 0.15) is 40.3 Å². The van der Waals surface area contributed by atoms with Crippen LogP contribution in [0.15, 0.2) is 68.0 Å². The van der Waals surface area contributed by atoms with E-state index in [9.17, 15) is 24.0 Å². The molecule has 0 saturated heterocycles. The lowest BCUT2D eigenvalue weighted by Crippen LogP contribution is -2.40. The van der Waals surface area contributed by atoms with Crippen LogP contribution in [-0.4, -0.2) is 31.3 Å². The highest BCUT2D eigenvalue weighted by atomic mass is 16.5. The van der Waals surface area contributed by atoms with Crippen molar-refractivity contribution in [3.63, 3.8) is 0 Å². The van der Waals surface area contributed by atoms with Gasteiger partial charge in [-0.1, -0.05) is 35.4 Å². The minimum Gasteiger partial charge on any atom is -0.496 e. The smallest absolute Gasteiger partial charge is 0.331 e. The van der Waals surface area contributed by atoms with Gasteiger partial charge in [0.25, 0.3) is 11.1 Å². The summed E-state index contributed by atoms with van der Waals surface area (Å²) in [6, 6.07) is 9.77. The van der Waals surface area contributed by atoms with Gasteiger partial charge in [0.2, 0.25) is 0 Å². The Hall–Kier alpha value is -4.93. The largest absolute Gasteiger partial charge is 0.496 e. The number of ether oxygens (including phenoxy) is 2. The summed E-state index contributed by atoms with van der Waals surface area (Å²) in [5, 5.41) is 0. The van der Waals surface area contributed by atoms with E-state index in [2.05, 4.69) is 0 Å². The van der Waals surface area contributed by atoms with Crippen molar-refractivity contribution in [2.24, 2.45) is 0 Å². The monoisotopic (exact) mass is 544 g/mol. The van der Waals surface area contributed by atoms with E-state index in [-0.39, 0.29) is 31.9 Å². The molecule has 8 bridgehead atoms. The maximum atomic E-state index is 13.6. The second kappa shape index (κ2) is 10.3. The van der Waals surface area contributed by atoms with Gasteiger partial charge in [0, 0.05) is 53.7 Å². The molecule has 5 rings (SSSR count). The molecule has 11 heteroatoms. The van der Waals surface area contributed by atoms with Gasteiger partial charge in [0.1, 0.15) is 11.5 Å². The van der Waals surface area contributed by atoms with E-state index < -0.39 is 28.5 Å². The third-order valence-electron chi connectivity index (χ3n) is 6.84. The number of esters is 1. The molecule has 0 spiro atoms. The second-order valence-corrected chi connectivity index (χ2v) is 9.92. The van der Waals surface area contributed by atoms with E-state index in [1.807, 2.05) is 13.8 Å². The van der Waals surface area contributed by atoms with Gasteiger partial charge in [-0.25, -0.2) is 9.59 Å². The summed E-state index contributed by atoms with van der Waals surface area (Å²) in [6.07, 6.45) is 2.81. The van der Waals surface area contributed by atoms with Crippen molar-refractivity contribution in [1.29, 1.82) is 0 Å². The van der Waals surface area contributed by atoms with Gasteiger partial charge in [-0.05, 0) is 13.8 Å². The average molecular weight is 545 g/mol. The third kappa shape index (κ3) is 4.93. The molecule has 3 heterocycles. The van der Waals surface area contributed by atoms with Crippen LogP contribution in [0.2, 0.25) is 0 Å². The zero-order chi connectivity index (χ0) is 28.7. The molecule has 40 heavy (non-hydrogen) atoms. The topological polar surface area (TPSA) is 124 Å². The van der Waals surface area contributed by atoms with Crippen molar-refractivity contribution in [1.82, 2.24) is 18.3 Å². The molecule has 0 radical (unpaired) electrons. The lowest BCUT2D eigenvalue weighted by Gasteiger charge is -2.20. The molecule has 2 aromatic carbocycles. The predicted octanol–water partition coefficient (Wildman–Crippen LogP) is 1.39. The predicted molar refractivity (Wildman–Crippen MR) is 147 cm³/mol. The molecule has 2 aromatic heterocycles. The molecule has 0 amide bonds. The van der Waals surface area contributed by atoms with E-state index in [1.54, 1.807) is 24.3 Å². The first-order valence-corrected chi connectivity index (χ1v) is 12.6. The van der Waals surface area contributed by atoms with Crippen LogP contribution < -0.4 is 32.0 Å². The first kappa shape index (κ1) is 26.7. The molecule has 0 unspecified atom stereocenters. The number of carbonyl (C=O) groups is 1. The Morgan fingerprint density at radius 2 is 1.07 bits per heavy atom. The Bertz CT molecular complexity index is 1790. The molecule has 0 saturated carbocycles. The van der Waals surface area contributed by atoms with Crippen molar-refractivity contribution >= 4 is 5.97 Å². The first-order valence-electron chi connectivity index (χ1n) is 12.6. The second-order valence-electron chi connectivity index (χ2n) is 9.92. The number of hydrogen-bond donors (Lipinski definition) is 0. The standard InChI is InChI=1S/C29H28N4O7/c1-17-9-20-13-30-7-5-24(35)32(28(30)37)15-22-11-18(2)12-23(26(22)39-4)16-33-25(36)6-8-31(29(33)38)14-21(10-17)27(20)40-19(3)34/h5-12H,13-16H2,1-4H3. The number of methoxy groups -OCH3 is 1. The van der Waals surface area contributed by atoms with Crippen LogP contribution in [0.25, 0.3) is 0 Å². The van der Waals surface area contributed by atoms with Crippen LogP contribution in [0.4, 0.5) is 0 Å². The van der Waals surface area contributed by atoms with Gasteiger partial charge in [0.05, 0.1) is 33.3 Å². The quantitative estimate of drug-likeness (QED) is 0.243. The zero-order valence-electron chi connectivity index (χ0n) is 22.6. The Morgan fingerprint density at radius 3 is 1.45 bits per heavy atom. The number of nitrogens with zero attached hydrogens (tertiary/aromatic N) is 4. The highest BCUT2D eigenvalue weighted by molar-refractivity contribution is 5.70. The maximum Gasteiger partial charge on any atom is 0.331 e. The Balaban J connectivity index is 1.85. The van der Waals surface area contributed by atoms with Crippen molar-refractivity contribution < 1.29 is 14.3 Å². The van der Waals surface area contributed by atoms with Gasteiger partial charge >= 0.3 is 17.3 Å².